The fourth-order valence-electron chi connectivity index (χ4n) is 4.75. The summed E-state index contributed by atoms with van der Waals surface area (Å²) in [4.78, 5) is 43.4. The summed E-state index contributed by atoms with van der Waals surface area (Å²) in [5, 5.41) is 12.6. The van der Waals surface area contributed by atoms with Crippen LogP contribution in [0.1, 0.15) is 42.1 Å². The second-order valence-electron chi connectivity index (χ2n) is 9.74. The highest BCUT2D eigenvalue weighted by atomic mass is 79.9. The molecule has 5 rings (SSSR count). The van der Waals surface area contributed by atoms with Gasteiger partial charge in [-0.1, -0.05) is 64.9 Å². The summed E-state index contributed by atoms with van der Waals surface area (Å²) < 4.78 is 13.3. The van der Waals surface area contributed by atoms with Crippen molar-refractivity contribution in [1.29, 1.82) is 0 Å². The number of carbonyl (C=O) groups is 1. The van der Waals surface area contributed by atoms with Crippen molar-refractivity contribution in [3.63, 3.8) is 0 Å². The van der Waals surface area contributed by atoms with Crippen molar-refractivity contribution in [1.82, 2.24) is 4.57 Å². The largest absolute Gasteiger partial charge is 0.481 e. The summed E-state index contributed by atoms with van der Waals surface area (Å²) in [5.41, 5.74) is 3.00. The second-order valence-corrected chi connectivity index (χ2v) is 12.0. The third kappa shape index (κ3) is 6.34. The molecule has 1 aliphatic heterocycles. The molecule has 0 aliphatic carbocycles. The second kappa shape index (κ2) is 12.7. The van der Waals surface area contributed by atoms with Crippen molar-refractivity contribution in [3.8, 4) is 5.75 Å². The average Bonchev–Trinajstić information content (AvgIpc) is 3.26. The molecule has 0 amide bonds. The number of halogens is 2. The molecule has 0 fully saturated rings. The first kappa shape index (κ1) is 30.4. The van der Waals surface area contributed by atoms with Crippen LogP contribution in [0.4, 0.5) is 5.69 Å². The molecule has 0 N–H and O–H groups in total. The Morgan fingerprint density at radius 3 is 2.60 bits per heavy atom. The summed E-state index contributed by atoms with van der Waals surface area (Å²) in [5.74, 6) is -0.491. The third-order valence-electron chi connectivity index (χ3n) is 6.72. The van der Waals surface area contributed by atoms with Crippen LogP contribution in [-0.2, 0) is 16.1 Å². The van der Waals surface area contributed by atoms with Gasteiger partial charge in [0, 0.05) is 11.1 Å². The Bertz CT molecular complexity index is 1970. The van der Waals surface area contributed by atoms with Crippen LogP contribution < -0.4 is 19.6 Å². The number of thiazole rings is 1. The van der Waals surface area contributed by atoms with E-state index in [1.165, 1.54) is 10.6 Å². The van der Waals surface area contributed by atoms with E-state index < -0.39 is 16.9 Å². The summed E-state index contributed by atoms with van der Waals surface area (Å²) >= 11 is 10.6. The molecule has 1 aromatic heterocycles. The molecule has 0 radical (unpaired) electrons. The zero-order chi connectivity index (χ0) is 30.8. The smallest absolute Gasteiger partial charge is 0.338 e. The fourth-order valence-corrected chi connectivity index (χ4v) is 6.59. The number of aromatic nitrogens is 1. The number of nitro benzene ring substituents is 1. The molecular formula is C31H25BrClN3O6S. The van der Waals surface area contributed by atoms with Crippen molar-refractivity contribution in [2.75, 3.05) is 6.61 Å². The molecule has 0 saturated heterocycles. The third-order valence-corrected chi connectivity index (χ3v) is 8.53. The van der Waals surface area contributed by atoms with Crippen LogP contribution in [0.3, 0.4) is 0 Å². The van der Waals surface area contributed by atoms with Crippen LogP contribution in [0.15, 0.2) is 86.2 Å². The highest BCUT2D eigenvalue weighted by molar-refractivity contribution is 9.10. The number of fused-ring (bicyclic) bond motifs is 1. The predicted octanol–water partition coefficient (Wildman–Crippen LogP) is 6.01. The molecule has 3 aromatic carbocycles. The van der Waals surface area contributed by atoms with Gasteiger partial charge in [-0.15, -0.1) is 0 Å². The Morgan fingerprint density at radius 1 is 1.19 bits per heavy atom. The Hall–Kier alpha value is -4.06. The lowest BCUT2D eigenvalue weighted by Gasteiger charge is -2.24. The molecule has 12 heteroatoms. The van der Waals surface area contributed by atoms with Crippen LogP contribution in [0, 0.1) is 17.0 Å². The summed E-state index contributed by atoms with van der Waals surface area (Å²) in [6, 6.07) is 16.8. The van der Waals surface area contributed by atoms with E-state index in [1.807, 2.05) is 31.2 Å². The van der Waals surface area contributed by atoms with Gasteiger partial charge < -0.3 is 9.47 Å². The molecule has 1 aliphatic rings. The predicted molar refractivity (Wildman–Crippen MR) is 168 cm³/mol. The number of ether oxygens (including phenoxy) is 2. The average molecular weight is 683 g/mol. The van der Waals surface area contributed by atoms with E-state index in [-0.39, 0.29) is 35.8 Å². The van der Waals surface area contributed by atoms with Crippen LogP contribution >= 0.6 is 38.9 Å². The van der Waals surface area contributed by atoms with Gasteiger partial charge in [0.2, 0.25) is 5.75 Å². The van der Waals surface area contributed by atoms with Gasteiger partial charge in [0.25, 0.3) is 5.56 Å². The van der Waals surface area contributed by atoms with Gasteiger partial charge in [-0.25, -0.2) is 9.79 Å². The first-order valence-corrected chi connectivity index (χ1v) is 15.2. The van der Waals surface area contributed by atoms with Gasteiger partial charge >= 0.3 is 11.7 Å². The number of nitrogens with zero attached hydrogens (tertiary/aromatic N) is 3. The summed E-state index contributed by atoms with van der Waals surface area (Å²) in [7, 11) is 0. The number of hydrogen-bond acceptors (Lipinski definition) is 8. The Balaban J connectivity index is 1.60. The maximum atomic E-state index is 13.9. The molecule has 220 valence electrons. The van der Waals surface area contributed by atoms with E-state index in [0.717, 1.165) is 28.0 Å². The number of rotatable bonds is 8. The summed E-state index contributed by atoms with van der Waals surface area (Å²) in [6.45, 7) is 5.63. The Labute approximate surface area is 263 Å². The summed E-state index contributed by atoms with van der Waals surface area (Å²) in [6.07, 6.45) is 1.57. The topological polar surface area (TPSA) is 113 Å². The number of aryl methyl sites for hydroxylation is 1. The molecule has 9 nitrogen and oxygen atoms in total. The van der Waals surface area contributed by atoms with E-state index in [4.69, 9.17) is 21.1 Å². The maximum absolute atomic E-state index is 13.9. The van der Waals surface area contributed by atoms with Gasteiger partial charge in [0.15, 0.2) is 4.80 Å². The quantitative estimate of drug-likeness (QED) is 0.128. The van der Waals surface area contributed by atoms with Crippen molar-refractivity contribution in [2.24, 2.45) is 4.99 Å². The van der Waals surface area contributed by atoms with Crippen molar-refractivity contribution >= 4 is 56.6 Å². The number of carbonyl (C=O) groups excluding carboxylic acids is 1. The number of allylic oxidation sites excluding steroid dienone is 1. The maximum Gasteiger partial charge on any atom is 0.338 e. The standard InChI is InChI=1S/C31H25BrClN3O6S/c1-4-41-30(38)26-18(3)34-31-35(27(26)21-10-8-17(2)9-11-21)29(37)25(43-31)15-20-13-23(32)28(24(14-20)36(39)40)42-16-19-6-5-7-22(33)12-19/h5-15,27H,4,16H2,1-3H3/b25-15-/t27-/m1/s1. The molecule has 4 aromatic rings. The molecular weight excluding hydrogens is 658 g/mol. The Morgan fingerprint density at radius 2 is 1.93 bits per heavy atom. The van der Waals surface area contributed by atoms with E-state index in [0.29, 0.717) is 30.1 Å². The first-order valence-electron chi connectivity index (χ1n) is 13.2. The molecule has 0 unspecified atom stereocenters. The highest BCUT2D eigenvalue weighted by Crippen LogP contribution is 2.37. The van der Waals surface area contributed by atoms with Gasteiger partial charge in [0.1, 0.15) is 6.61 Å². The molecule has 0 saturated carbocycles. The highest BCUT2D eigenvalue weighted by Gasteiger charge is 2.33. The molecule has 0 bridgehead atoms. The van der Waals surface area contributed by atoms with Crippen LogP contribution in [0.25, 0.3) is 6.08 Å². The molecule has 2 heterocycles. The lowest BCUT2D eigenvalue weighted by molar-refractivity contribution is -0.386. The van der Waals surface area contributed by atoms with Gasteiger partial charge in [0.05, 0.1) is 37.8 Å². The minimum atomic E-state index is -0.749. The van der Waals surface area contributed by atoms with Crippen LogP contribution in [0.5, 0.6) is 5.75 Å². The Kier molecular flexibility index (Phi) is 8.95. The number of esters is 1. The van der Waals surface area contributed by atoms with Crippen molar-refractivity contribution < 1.29 is 19.2 Å². The van der Waals surface area contributed by atoms with Gasteiger partial charge in [-0.2, -0.15) is 0 Å². The zero-order valence-corrected chi connectivity index (χ0v) is 26.5. The minimum absolute atomic E-state index is 0.0534. The monoisotopic (exact) mass is 681 g/mol. The lowest BCUT2D eigenvalue weighted by atomic mass is 9.95. The van der Waals surface area contributed by atoms with E-state index in [2.05, 4.69) is 20.9 Å². The van der Waals surface area contributed by atoms with Gasteiger partial charge in [-0.3, -0.25) is 19.5 Å². The number of benzene rings is 3. The SMILES string of the molecule is CCOC(=O)C1=C(C)N=c2s/c(=C\c3cc(Br)c(OCc4cccc(Cl)c4)c([N+](=O)[O-])c3)c(=O)n2[C@@H]1c1ccc(C)cc1. The normalized spacial score (nSPS) is 14.7. The minimum Gasteiger partial charge on any atom is -0.481 e. The molecule has 0 spiro atoms. The van der Waals surface area contributed by atoms with Crippen molar-refractivity contribution in [3.05, 3.63) is 133 Å². The van der Waals surface area contributed by atoms with Crippen LogP contribution in [0.2, 0.25) is 5.02 Å². The first-order chi connectivity index (χ1) is 20.6. The zero-order valence-electron chi connectivity index (χ0n) is 23.3. The van der Waals surface area contributed by atoms with Crippen molar-refractivity contribution in [2.45, 2.75) is 33.4 Å². The van der Waals surface area contributed by atoms with Crippen LogP contribution in [-0.4, -0.2) is 22.1 Å². The van der Waals surface area contributed by atoms with E-state index >= 15 is 0 Å². The van der Waals surface area contributed by atoms with E-state index in [1.54, 1.807) is 50.3 Å². The molecule has 1 atom stereocenters. The molecule has 43 heavy (non-hydrogen) atoms. The number of nitro groups is 1. The van der Waals surface area contributed by atoms with E-state index in [9.17, 15) is 19.7 Å². The van der Waals surface area contributed by atoms with Gasteiger partial charge in [-0.05, 0) is 77.7 Å². The lowest BCUT2D eigenvalue weighted by Crippen LogP contribution is -2.39. The fraction of sp³-hybridized carbons (Fsp3) is 0.194. The number of hydrogen-bond donors (Lipinski definition) is 0.